The van der Waals surface area contributed by atoms with E-state index in [9.17, 15) is 4.39 Å². The van der Waals surface area contributed by atoms with Gasteiger partial charge in [0.25, 0.3) is 0 Å². The van der Waals surface area contributed by atoms with E-state index in [1.165, 1.54) is 6.07 Å². The van der Waals surface area contributed by atoms with Gasteiger partial charge >= 0.3 is 0 Å². The molecule has 1 atom stereocenters. The summed E-state index contributed by atoms with van der Waals surface area (Å²) in [5, 5.41) is 8.16. The molecule has 0 aliphatic rings. The molecule has 1 aromatic carbocycles. The molecule has 1 aromatic rings. The van der Waals surface area contributed by atoms with Crippen LogP contribution in [0.4, 0.5) is 4.39 Å². The molecule has 2 heteroatoms. The Kier molecular flexibility index (Phi) is 2.62. The van der Waals surface area contributed by atoms with Crippen LogP contribution in [0.5, 0.6) is 0 Å². The smallest absolute Gasteiger partial charge is 0.190 e. The minimum Gasteiger partial charge on any atom is -0.231 e. The van der Waals surface area contributed by atoms with Crippen LogP contribution in [0, 0.1) is 17.4 Å². The Balaban J connectivity index is 2.60. The SMILES string of the molecule is N#CC(F)Cc1cc[c]cc1. The van der Waals surface area contributed by atoms with Crippen LogP contribution < -0.4 is 0 Å². The van der Waals surface area contributed by atoms with E-state index in [2.05, 4.69) is 6.07 Å². The average Bonchev–Trinajstić information content (AvgIpc) is 2.06. The van der Waals surface area contributed by atoms with E-state index in [1.54, 1.807) is 24.3 Å². The van der Waals surface area contributed by atoms with Crippen molar-refractivity contribution in [2.75, 3.05) is 0 Å². The van der Waals surface area contributed by atoms with Gasteiger partial charge in [-0.25, -0.2) is 4.39 Å². The number of nitrogens with zero attached hydrogens (tertiary/aromatic N) is 1. The van der Waals surface area contributed by atoms with Gasteiger partial charge in [-0.3, -0.25) is 0 Å². The summed E-state index contributed by atoms with van der Waals surface area (Å²) in [7, 11) is 0. The molecule has 0 saturated heterocycles. The number of nitriles is 1. The van der Waals surface area contributed by atoms with Crippen LogP contribution in [-0.4, -0.2) is 6.17 Å². The van der Waals surface area contributed by atoms with Crippen LogP contribution in [0.1, 0.15) is 5.56 Å². The van der Waals surface area contributed by atoms with E-state index in [0.29, 0.717) is 0 Å². The van der Waals surface area contributed by atoms with Gasteiger partial charge in [0.05, 0.1) is 0 Å². The lowest BCUT2D eigenvalue weighted by Gasteiger charge is -1.97. The molecule has 1 unspecified atom stereocenters. The standard InChI is InChI=1S/C9H7FN/c10-9(7-11)6-8-4-2-1-3-5-8/h2-5,9H,6H2. The predicted molar refractivity (Wildman–Crippen MR) is 39.5 cm³/mol. The fourth-order valence-corrected chi connectivity index (χ4v) is 0.810. The second kappa shape index (κ2) is 3.72. The zero-order valence-electron chi connectivity index (χ0n) is 5.92. The molecule has 0 aliphatic carbocycles. The molecular formula is C9H7FN. The lowest BCUT2D eigenvalue weighted by atomic mass is 10.1. The lowest BCUT2D eigenvalue weighted by Crippen LogP contribution is -1.99. The average molecular weight is 148 g/mol. The summed E-state index contributed by atoms with van der Waals surface area (Å²) in [6.07, 6.45) is -1.22. The quantitative estimate of drug-likeness (QED) is 0.628. The molecule has 1 rings (SSSR count). The van der Waals surface area contributed by atoms with Crippen molar-refractivity contribution in [1.82, 2.24) is 0 Å². The van der Waals surface area contributed by atoms with Crippen molar-refractivity contribution in [3.63, 3.8) is 0 Å². The molecule has 0 bridgehead atoms. The van der Waals surface area contributed by atoms with Crippen LogP contribution in [0.3, 0.4) is 0 Å². The van der Waals surface area contributed by atoms with Crippen molar-refractivity contribution in [3.8, 4) is 6.07 Å². The second-order valence-electron chi connectivity index (χ2n) is 2.21. The van der Waals surface area contributed by atoms with Crippen molar-refractivity contribution in [3.05, 3.63) is 35.9 Å². The van der Waals surface area contributed by atoms with Gasteiger partial charge in [0.2, 0.25) is 0 Å². The molecule has 0 amide bonds. The molecule has 1 nitrogen and oxygen atoms in total. The summed E-state index contributed by atoms with van der Waals surface area (Å²) in [5.41, 5.74) is 0.831. The molecule has 0 heterocycles. The van der Waals surface area contributed by atoms with Gasteiger partial charge in [0, 0.05) is 6.42 Å². The van der Waals surface area contributed by atoms with Gasteiger partial charge in [0.1, 0.15) is 6.07 Å². The highest BCUT2D eigenvalue weighted by Crippen LogP contribution is 2.03. The van der Waals surface area contributed by atoms with Gasteiger partial charge < -0.3 is 0 Å². The van der Waals surface area contributed by atoms with Gasteiger partial charge in [-0.15, -0.1) is 0 Å². The monoisotopic (exact) mass is 148 g/mol. The van der Waals surface area contributed by atoms with Crippen molar-refractivity contribution in [2.45, 2.75) is 12.6 Å². The second-order valence-corrected chi connectivity index (χ2v) is 2.21. The maximum absolute atomic E-state index is 12.4. The van der Waals surface area contributed by atoms with Gasteiger partial charge in [-0.2, -0.15) is 5.26 Å². The summed E-state index contributed by atoms with van der Waals surface area (Å²) >= 11 is 0. The van der Waals surface area contributed by atoms with Gasteiger partial charge in [-0.05, 0) is 11.6 Å². The normalized spacial score (nSPS) is 12.0. The first kappa shape index (κ1) is 7.74. The van der Waals surface area contributed by atoms with E-state index in [1.807, 2.05) is 0 Å². The number of rotatable bonds is 2. The molecule has 0 fully saturated rings. The fraction of sp³-hybridized carbons (Fsp3) is 0.222. The highest BCUT2D eigenvalue weighted by atomic mass is 19.1. The van der Waals surface area contributed by atoms with Crippen molar-refractivity contribution < 1.29 is 4.39 Å². The summed E-state index contributed by atoms with van der Waals surface area (Å²) in [6.45, 7) is 0. The third-order valence-corrected chi connectivity index (χ3v) is 1.34. The first-order chi connectivity index (χ1) is 5.33. The Morgan fingerprint density at radius 2 is 2.18 bits per heavy atom. The van der Waals surface area contributed by atoms with E-state index in [-0.39, 0.29) is 6.42 Å². The van der Waals surface area contributed by atoms with E-state index in [4.69, 9.17) is 5.26 Å². The van der Waals surface area contributed by atoms with E-state index < -0.39 is 6.17 Å². The van der Waals surface area contributed by atoms with Crippen LogP contribution in [0.15, 0.2) is 24.3 Å². The molecule has 0 aliphatic heterocycles. The molecule has 11 heavy (non-hydrogen) atoms. The van der Waals surface area contributed by atoms with Crippen LogP contribution in [0.2, 0.25) is 0 Å². The Bertz CT molecular complexity index is 250. The van der Waals surface area contributed by atoms with Crippen LogP contribution in [-0.2, 0) is 6.42 Å². The molecule has 0 N–H and O–H groups in total. The lowest BCUT2D eigenvalue weighted by molar-refractivity contribution is 0.407. The topological polar surface area (TPSA) is 23.8 Å². The summed E-state index contributed by atoms with van der Waals surface area (Å²) < 4.78 is 12.4. The summed E-state index contributed by atoms with van der Waals surface area (Å²) in [4.78, 5) is 0. The summed E-state index contributed by atoms with van der Waals surface area (Å²) in [6, 6.07) is 11.3. The number of hydrogen-bond donors (Lipinski definition) is 0. The maximum atomic E-state index is 12.4. The number of benzene rings is 1. The van der Waals surface area contributed by atoms with Crippen LogP contribution >= 0.6 is 0 Å². The highest BCUT2D eigenvalue weighted by molar-refractivity contribution is 5.16. The van der Waals surface area contributed by atoms with Crippen molar-refractivity contribution in [2.24, 2.45) is 0 Å². The Hall–Kier alpha value is -1.36. The first-order valence-electron chi connectivity index (χ1n) is 3.31. The molecule has 55 valence electrons. The highest BCUT2D eigenvalue weighted by Gasteiger charge is 2.03. The minimum absolute atomic E-state index is 0.172. The maximum Gasteiger partial charge on any atom is 0.190 e. The van der Waals surface area contributed by atoms with Crippen LogP contribution in [0.25, 0.3) is 0 Å². The molecule has 0 aromatic heterocycles. The Morgan fingerprint density at radius 1 is 1.55 bits per heavy atom. The molecule has 1 radical (unpaired) electrons. The third-order valence-electron chi connectivity index (χ3n) is 1.34. The van der Waals surface area contributed by atoms with E-state index in [0.717, 1.165) is 5.56 Å². The number of alkyl halides is 1. The zero-order valence-corrected chi connectivity index (χ0v) is 5.92. The Morgan fingerprint density at radius 3 is 2.73 bits per heavy atom. The molecular weight excluding hydrogens is 141 g/mol. The number of hydrogen-bond acceptors (Lipinski definition) is 1. The minimum atomic E-state index is -1.39. The van der Waals surface area contributed by atoms with Crippen molar-refractivity contribution >= 4 is 0 Å². The zero-order chi connectivity index (χ0) is 8.10. The number of halogens is 1. The first-order valence-corrected chi connectivity index (χ1v) is 3.31. The molecule has 0 saturated carbocycles. The third kappa shape index (κ3) is 2.38. The fourth-order valence-electron chi connectivity index (χ4n) is 0.810. The van der Waals surface area contributed by atoms with Gasteiger partial charge in [0.15, 0.2) is 6.17 Å². The Labute approximate surface area is 65.1 Å². The van der Waals surface area contributed by atoms with Crippen molar-refractivity contribution in [1.29, 1.82) is 5.26 Å². The van der Waals surface area contributed by atoms with E-state index >= 15 is 0 Å². The molecule has 0 spiro atoms. The largest absolute Gasteiger partial charge is 0.231 e. The predicted octanol–water partition coefficient (Wildman–Crippen LogP) is 1.89. The van der Waals surface area contributed by atoms with Gasteiger partial charge in [-0.1, -0.05) is 24.3 Å². The summed E-state index contributed by atoms with van der Waals surface area (Å²) in [5.74, 6) is 0.